The summed E-state index contributed by atoms with van der Waals surface area (Å²) < 4.78 is 2.16. The third-order valence-corrected chi connectivity index (χ3v) is 2.45. The Labute approximate surface area is 83.6 Å². The number of fused-ring (bicyclic) bond motifs is 1. The summed E-state index contributed by atoms with van der Waals surface area (Å²) in [5.41, 5.74) is 7.89. The fraction of sp³-hybridized carbons (Fsp3) is 0.364. The molecule has 0 radical (unpaired) electrons. The van der Waals surface area contributed by atoms with E-state index in [4.69, 9.17) is 5.73 Å². The van der Waals surface area contributed by atoms with E-state index in [9.17, 15) is 0 Å². The fourth-order valence-electron chi connectivity index (χ4n) is 1.71. The van der Waals surface area contributed by atoms with E-state index in [1.807, 2.05) is 12.3 Å². The first-order valence-electron chi connectivity index (χ1n) is 4.88. The van der Waals surface area contributed by atoms with Crippen molar-refractivity contribution in [3.05, 3.63) is 30.1 Å². The van der Waals surface area contributed by atoms with E-state index in [1.165, 1.54) is 10.9 Å². The van der Waals surface area contributed by atoms with Crippen molar-refractivity contribution in [3.8, 4) is 0 Å². The maximum atomic E-state index is 5.69. The van der Waals surface area contributed by atoms with Crippen molar-refractivity contribution in [3.63, 3.8) is 0 Å². The number of rotatable bonds is 2. The second-order valence-electron chi connectivity index (χ2n) is 3.73. The monoisotopic (exact) mass is 189 g/mol. The van der Waals surface area contributed by atoms with Crippen molar-refractivity contribution < 1.29 is 0 Å². The van der Waals surface area contributed by atoms with E-state index < -0.39 is 0 Å². The Hall–Kier alpha value is -1.35. The highest BCUT2D eigenvalue weighted by Crippen LogP contribution is 2.21. The van der Waals surface area contributed by atoms with Crippen molar-refractivity contribution in [2.75, 3.05) is 0 Å². The van der Waals surface area contributed by atoms with Crippen LogP contribution in [0.5, 0.6) is 0 Å². The molecule has 3 heteroatoms. The highest BCUT2D eigenvalue weighted by Gasteiger charge is 2.09. The van der Waals surface area contributed by atoms with Crippen LogP contribution in [0.3, 0.4) is 0 Å². The first-order chi connectivity index (χ1) is 6.74. The standard InChI is InChI=1S/C11H15N3/c1-8(2)14-7-9(6-12)10-4-3-5-13-11(10)14/h3-5,7-8H,6,12H2,1-2H3. The number of hydrogen-bond acceptors (Lipinski definition) is 2. The molecule has 0 aliphatic heterocycles. The van der Waals surface area contributed by atoms with Gasteiger partial charge >= 0.3 is 0 Å². The number of pyridine rings is 1. The average molecular weight is 189 g/mol. The molecule has 0 unspecified atom stereocenters. The number of hydrogen-bond donors (Lipinski definition) is 1. The third-order valence-electron chi connectivity index (χ3n) is 2.45. The normalized spacial score (nSPS) is 11.4. The highest BCUT2D eigenvalue weighted by atomic mass is 15.0. The van der Waals surface area contributed by atoms with Crippen molar-refractivity contribution in [2.45, 2.75) is 26.4 Å². The second kappa shape index (κ2) is 3.42. The highest BCUT2D eigenvalue weighted by molar-refractivity contribution is 5.80. The third kappa shape index (κ3) is 1.30. The van der Waals surface area contributed by atoms with Crippen molar-refractivity contribution >= 4 is 11.0 Å². The summed E-state index contributed by atoms with van der Waals surface area (Å²) in [5, 5.41) is 1.17. The average Bonchev–Trinajstić information content (AvgIpc) is 2.56. The molecular formula is C11H15N3. The zero-order chi connectivity index (χ0) is 10.1. The molecule has 0 fully saturated rings. The molecular weight excluding hydrogens is 174 g/mol. The van der Waals surface area contributed by atoms with Crippen LogP contribution in [0, 0.1) is 0 Å². The summed E-state index contributed by atoms with van der Waals surface area (Å²) in [5.74, 6) is 0. The van der Waals surface area contributed by atoms with Gasteiger partial charge in [-0.25, -0.2) is 4.98 Å². The molecule has 0 saturated heterocycles. The van der Waals surface area contributed by atoms with Gasteiger partial charge in [-0.2, -0.15) is 0 Å². The Morgan fingerprint density at radius 1 is 1.50 bits per heavy atom. The van der Waals surface area contributed by atoms with E-state index >= 15 is 0 Å². The van der Waals surface area contributed by atoms with Gasteiger partial charge in [-0.05, 0) is 31.5 Å². The van der Waals surface area contributed by atoms with E-state index in [1.54, 1.807) is 0 Å². The number of nitrogens with two attached hydrogens (primary N) is 1. The molecule has 0 atom stereocenters. The Morgan fingerprint density at radius 2 is 2.29 bits per heavy atom. The van der Waals surface area contributed by atoms with Crippen LogP contribution in [0.15, 0.2) is 24.5 Å². The van der Waals surface area contributed by atoms with Gasteiger partial charge in [-0.3, -0.25) is 0 Å². The van der Waals surface area contributed by atoms with Gasteiger partial charge in [0.05, 0.1) is 0 Å². The van der Waals surface area contributed by atoms with Crippen LogP contribution in [-0.2, 0) is 6.54 Å². The topological polar surface area (TPSA) is 43.8 Å². The minimum atomic E-state index is 0.424. The maximum absolute atomic E-state index is 5.69. The first-order valence-corrected chi connectivity index (χ1v) is 4.88. The van der Waals surface area contributed by atoms with E-state index in [-0.39, 0.29) is 0 Å². The molecule has 0 spiro atoms. The van der Waals surface area contributed by atoms with Crippen molar-refractivity contribution in [1.82, 2.24) is 9.55 Å². The molecule has 2 aromatic heterocycles. The lowest BCUT2D eigenvalue weighted by molar-refractivity contribution is 0.616. The molecule has 0 saturated carbocycles. The smallest absolute Gasteiger partial charge is 0.140 e. The van der Waals surface area contributed by atoms with Crippen LogP contribution in [0.1, 0.15) is 25.5 Å². The minimum absolute atomic E-state index is 0.424. The summed E-state index contributed by atoms with van der Waals surface area (Å²) in [6.45, 7) is 4.87. The van der Waals surface area contributed by atoms with Gasteiger partial charge in [0.25, 0.3) is 0 Å². The lowest BCUT2D eigenvalue weighted by Gasteiger charge is -2.07. The molecule has 0 aliphatic carbocycles. The quantitative estimate of drug-likeness (QED) is 0.786. The van der Waals surface area contributed by atoms with Gasteiger partial charge in [0.1, 0.15) is 5.65 Å². The van der Waals surface area contributed by atoms with Crippen LogP contribution in [0.4, 0.5) is 0 Å². The predicted octanol–water partition coefficient (Wildman–Crippen LogP) is 2.08. The van der Waals surface area contributed by atoms with E-state index in [0.29, 0.717) is 12.6 Å². The summed E-state index contributed by atoms with van der Waals surface area (Å²) in [6.07, 6.45) is 3.92. The van der Waals surface area contributed by atoms with Gasteiger partial charge in [0.15, 0.2) is 0 Å². The summed E-state index contributed by atoms with van der Waals surface area (Å²) >= 11 is 0. The maximum Gasteiger partial charge on any atom is 0.140 e. The second-order valence-corrected chi connectivity index (χ2v) is 3.73. The van der Waals surface area contributed by atoms with E-state index in [2.05, 4.69) is 35.7 Å². The van der Waals surface area contributed by atoms with E-state index in [0.717, 1.165) is 5.65 Å². The van der Waals surface area contributed by atoms with Crippen molar-refractivity contribution in [2.24, 2.45) is 5.73 Å². The predicted molar refractivity (Wildman–Crippen MR) is 58.0 cm³/mol. The molecule has 0 aromatic carbocycles. The summed E-state index contributed by atoms with van der Waals surface area (Å²) in [6, 6.07) is 4.45. The van der Waals surface area contributed by atoms with Crippen LogP contribution < -0.4 is 5.73 Å². The minimum Gasteiger partial charge on any atom is -0.330 e. The molecule has 2 N–H and O–H groups in total. The van der Waals surface area contributed by atoms with Gasteiger partial charge in [0.2, 0.25) is 0 Å². The van der Waals surface area contributed by atoms with Gasteiger partial charge in [-0.1, -0.05) is 0 Å². The van der Waals surface area contributed by atoms with Crippen LogP contribution in [0.25, 0.3) is 11.0 Å². The van der Waals surface area contributed by atoms with Gasteiger partial charge in [0, 0.05) is 30.4 Å². The van der Waals surface area contributed by atoms with Gasteiger partial charge in [-0.15, -0.1) is 0 Å². The molecule has 0 bridgehead atoms. The zero-order valence-corrected chi connectivity index (χ0v) is 8.57. The van der Waals surface area contributed by atoms with Crippen LogP contribution >= 0.6 is 0 Å². The Morgan fingerprint density at radius 3 is 2.93 bits per heavy atom. The Bertz CT molecular complexity index is 443. The SMILES string of the molecule is CC(C)n1cc(CN)c2cccnc21. The molecule has 0 amide bonds. The molecule has 14 heavy (non-hydrogen) atoms. The first kappa shape index (κ1) is 9.21. The Balaban J connectivity index is 2.73. The van der Waals surface area contributed by atoms with Crippen LogP contribution in [-0.4, -0.2) is 9.55 Å². The lowest BCUT2D eigenvalue weighted by Crippen LogP contribution is -1.99. The van der Waals surface area contributed by atoms with Gasteiger partial charge < -0.3 is 10.3 Å². The zero-order valence-electron chi connectivity index (χ0n) is 8.57. The number of nitrogens with zero attached hydrogens (tertiary/aromatic N) is 2. The van der Waals surface area contributed by atoms with Crippen molar-refractivity contribution in [1.29, 1.82) is 0 Å². The molecule has 0 aliphatic rings. The summed E-state index contributed by atoms with van der Waals surface area (Å²) in [4.78, 5) is 4.38. The molecule has 74 valence electrons. The number of aromatic nitrogens is 2. The lowest BCUT2D eigenvalue weighted by atomic mass is 10.2. The van der Waals surface area contributed by atoms with Crippen LogP contribution in [0.2, 0.25) is 0 Å². The fourth-order valence-corrected chi connectivity index (χ4v) is 1.71. The molecule has 2 heterocycles. The molecule has 3 nitrogen and oxygen atoms in total. The Kier molecular flexibility index (Phi) is 2.25. The molecule has 2 rings (SSSR count). The summed E-state index contributed by atoms with van der Waals surface area (Å²) in [7, 11) is 0. The molecule has 2 aromatic rings. The largest absolute Gasteiger partial charge is 0.330 e.